The Labute approximate surface area is 185 Å². The third kappa shape index (κ3) is 7.86. The van der Waals surface area contributed by atoms with Crippen LogP contribution in [0.1, 0.15) is 50.3 Å². The third-order valence-electron chi connectivity index (χ3n) is 5.21. The fraction of sp³-hybridized carbons (Fsp3) is 0.440. The Kier molecular flexibility index (Phi) is 9.95. The molecule has 0 aliphatic rings. The molecule has 0 radical (unpaired) electrons. The fourth-order valence-corrected chi connectivity index (χ4v) is 3.90. The zero-order chi connectivity index (χ0) is 21.9. The maximum Gasteiger partial charge on any atom is 0.242 e. The van der Waals surface area contributed by atoms with Gasteiger partial charge in [-0.25, -0.2) is 0 Å². The first kappa shape index (κ1) is 24.0. The molecule has 2 aromatic rings. The van der Waals surface area contributed by atoms with Crippen LogP contribution >= 0.6 is 11.8 Å². The normalized spacial score (nSPS) is 12.8. The van der Waals surface area contributed by atoms with Gasteiger partial charge in [0.1, 0.15) is 6.04 Å². The van der Waals surface area contributed by atoms with Crippen molar-refractivity contribution in [2.45, 2.75) is 64.9 Å². The third-order valence-corrected chi connectivity index (χ3v) is 6.24. The molecule has 5 heteroatoms. The number of carbonyl (C=O) groups excluding carboxylic acids is 2. The Hall–Kier alpha value is -2.27. The zero-order valence-electron chi connectivity index (χ0n) is 18.6. The van der Waals surface area contributed by atoms with Gasteiger partial charge >= 0.3 is 0 Å². The lowest BCUT2D eigenvalue weighted by atomic mass is 10.1. The minimum absolute atomic E-state index is 0.0166. The number of thioether (sulfide) groups is 1. The van der Waals surface area contributed by atoms with Crippen LogP contribution in [0.4, 0.5) is 0 Å². The van der Waals surface area contributed by atoms with Gasteiger partial charge in [0.2, 0.25) is 11.8 Å². The summed E-state index contributed by atoms with van der Waals surface area (Å²) >= 11 is 1.75. The molecule has 1 N–H and O–H groups in total. The van der Waals surface area contributed by atoms with Gasteiger partial charge in [-0.1, -0.05) is 67.1 Å². The van der Waals surface area contributed by atoms with Gasteiger partial charge in [-0.2, -0.15) is 11.8 Å². The predicted octanol–water partition coefficient (Wildman–Crippen LogP) is 4.95. The van der Waals surface area contributed by atoms with Crippen molar-refractivity contribution >= 4 is 23.6 Å². The summed E-state index contributed by atoms with van der Waals surface area (Å²) in [7, 11) is 0. The van der Waals surface area contributed by atoms with E-state index in [4.69, 9.17) is 0 Å². The summed E-state index contributed by atoms with van der Waals surface area (Å²) in [6.45, 7) is 8.32. The SMILES string of the molecule is CC[C@@H](C)NC(=O)[C@H](C)N(Cc1ccc(C)cc1)C(=O)CCSCc1ccccc1. The van der Waals surface area contributed by atoms with Crippen LogP contribution in [0.5, 0.6) is 0 Å². The second-order valence-corrected chi connectivity index (χ2v) is 8.89. The molecule has 162 valence electrons. The quantitative estimate of drug-likeness (QED) is 0.517. The van der Waals surface area contributed by atoms with Gasteiger partial charge in [0.05, 0.1) is 0 Å². The Bertz CT molecular complexity index is 793. The highest BCUT2D eigenvalue weighted by Crippen LogP contribution is 2.16. The maximum atomic E-state index is 13.1. The molecular weight excluding hydrogens is 392 g/mol. The first-order chi connectivity index (χ1) is 14.4. The van der Waals surface area contributed by atoms with Crippen molar-refractivity contribution in [2.24, 2.45) is 0 Å². The molecule has 2 amide bonds. The number of nitrogens with one attached hydrogen (secondary N) is 1. The van der Waals surface area contributed by atoms with Gasteiger partial charge < -0.3 is 10.2 Å². The highest BCUT2D eigenvalue weighted by atomic mass is 32.2. The van der Waals surface area contributed by atoms with E-state index in [0.29, 0.717) is 13.0 Å². The van der Waals surface area contributed by atoms with Crippen LogP contribution in [0.15, 0.2) is 54.6 Å². The summed E-state index contributed by atoms with van der Waals surface area (Å²) in [6, 6.07) is 18.0. The number of hydrogen-bond donors (Lipinski definition) is 1. The standard InChI is InChI=1S/C25H34N2O2S/c1-5-20(3)26-25(29)21(4)27(17-22-13-11-19(2)12-14-22)24(28)15-16-30-18-23-9-7-6-8-10-23/h6-14,20-21H,5,15-18H2,1-4H3,(H,26,29)/t20-,21+/m1/s1. The van der Waals surface area contributed by atoms with Crippen LogP contribution in [-0.4, -0.2) is 34.6 Å². The zero-order valence-corrected chi connectivity index (χ0v) is 19.4. The van der Waals surface area contributed by atoms with Gasteiger partial charge in [-0.15, -0.1) is 0 Å². The van der Waals surface area contributed by atoms with Crippen molar-refractivity contribution in [3.05, 3.63) is 71.3 Å². The lowest BCUT2D eigenvalue weighted by Gasteiger charge is -2.29. The van der Waals surface area contributed by atoms with E-state index in [1.165, 1.54) is 11.1 Å². The van der Waals surface area contributed by atoms with Crippen LogP contribution in [0.25, 0.3) is 0 Å². The van der Waals surface area contributed by atoms with E-state index in [0.717, 1.165) is 23.5 Å². The molecule has 0 aliphatic carbocycles. The monoisotopic (exact) mass is 426 g/mol. The highest BCUT2D eigenvalue weighted by Gasteiger charge is 2.26. The molecule has 0 saturated carbocycles. The van der Waals surface area contributed by atoms with Gasteiger partial charge in [-0.05, 0) is 38.3 Å². The van der Waals surface area contributed by atoms with E-state index in [1.807, 2.05) is 70.2 Å². The fourth-order valence-electron chi connectivity index (χ4n) is 3.01. The predicted molar refractivity (Wildman–Crippen MR) is 126 cm³/mol. The van der Waals surface area contributed by atoms with Gasteiger partial charge in [0.15, 0.2) is 0 Å². The Morgan fingerprint density at radius 1 is 1.00 bits per heavy atom. The molecule has 30 heavy (non-hydrogen) atoms. The van der Waals surface area contributed by atoms with Crippen molar-refractivity contribution in [1.82, 2.24) is 10.2 Å². The summed E-state index contributed by atoms with van der Waals surface area (Å²) in [5, 5.41) is 3.01. The molecule has 2 rings (SSSR count). The molecule has 0 fully saturated rings. The molecule has 2 aromatic carbocycles. The lowest BCUT2D eigenvalue weighted by molar-refractivity contribution is -0.140. The molecule has 4 nitrogen and oxygen atoms in total. The van der Waals surface area contributed by atoms with E-state index in [9.17, 15) is 9.59 Å². The minimum atomic E-state index is -0.507. The van der Waals surface area contributed by atoms with Gasteiger partial charge in [-0.3, -0.25) is 9.59 Å². The van der Waals surface area contributed by atoms with Crippen molar-refractivity contribution < 1.29 is 9.59 Å². The summed E-state index contributed by atoms with van der Waals surface area (Å²) in [5.74, 6) is 1.54. The molecule has 0 aliphatic heterocycles. The number of rotatable bonds is 11. The summed E-state index contributed by atoms with van der Waals surface area (Å²) < 4.78 is 0. The second-order valence-electron chi connectivity index (χ2n) is 7.79. The van der Waals surface area contributed by atoms with Crippen molar-refractivity contribution in [3.8, 4) is 0 Å². The minimum Gasteiger partial charge on any atom is -0.352 e. The molecule has 0 spiro atoms. The number of carbonyl (C=O) groups is 2. The Morgan fingerprint density at radius 2 is 1.67 bits per heavy atom. The molecular formula is C25H34N2O2S. The highest BCUT2D eigenvalue weighted by molar-refractivity contribution is 7.98. The molecule has 2 atom stereocenters. The topological polar surface area (TPSA) is 49.4 Å². The van der Waals surface area contributed by atoms with Crippen LogP contribution < -0.4 is 5.32 Å². The van der Waals surface area contributed by atoms with Gasteiger partial charge in [0.25, 0.3) is 0 Å². The number of benzene rings is 2. The van der Waals surface area contributed by atoms with E-state index >= 15 is 0 Å². The Balaban J connectivity index is 2.00. The average molecular weight is 427 g/mol. The van der Waals surface area contributed by atoms with E-state index in [1.54, 1.807) is 16.7 Å². The van der Waals surface area contributed by atoms with E-state index in [-0.39, 0.29) is 17.9 Å². The second kappa shape index (κ2) is 12.4. The van der Waals surface area contributed by atoms with Crippen molar-refractivity contribution in [2.75, 3.05) is 5.75 Å². The molecule has 0 aromatic heterocycles. The van der Waals surface area contributed by atoms with Crippen LogP contribution in [-0.2, 0) is 21.9 Å². The first-order valence-corrected chi connectivity index (χ1v) is 11.8. The van der Waals surface area contributed by atoms with Crippen molar-refractivity contribution in [1.29, 1.82) is 0 Å². The number of nitrogens with zero attached hydrogens (tertiary/aromatic N) is 1. The maximum absolute atomic E-state index is 13.1. The van der Waals surface area contributed by atoms with E-state index < -0.39 is 6.04 Å². The van der Waals surface area contributed by atoms with Crippen LogP contribution in [0, 0.1) is 6.92 Å². The lowest BCUT2D eigenvalue weighted by Crippen LogP contribution is -2.49. The Morgan fingerprint density at radius 3 is 2.30 bits per heavy atom. The summed E-state index contributed by atoms with van der Waals surface area (Å²) in [6.07, 6.45) is 1.28. The molecule has 0 unspecified atom stereocenters. The first-order valence-electron chi connectivity index (χ1n) is 10.7. The molecule has 0 heterocycles. The molecule has 0 bridgehead atoms. The van der Waals surface area contributed by atoms with Crippen LogP contribution in [0.2, 0.25) is 0 Å². The van der Waals surface area contributed by atoms with Gasteiger partial charge in [0, 0.05) is 30.5 Å². The van der Waals surface area contributed by atoms with Crippen molar-refractivity contribution in [3.63, 3.8) is 0 Å². The summed E-state index contributed by atoms with van der Waals surface area (Å²) in [5.41, 5.74) is 3.47. The largest absolute Gasteiger partial charge is 0.352 e. The van der Waals surface area contributed by atoms with Crippen LogP contribution in [0.3, 0.4) is 0 Å². The number of aryl methyl sites for hydroxylation is 1. The number of hydrogen-bond acceptors (Lipinski definition) is 3. The van der Waals surface area contributed by atoms with E-state index in [2.05, 4.69) is 17.4 Å². The number of amides is 2. The average Bonchev–Trinajstić information content (AvgIpc) is 2.76. The summed E-state index contributed by atoms with van der Waals surface area (Å²) in [4.78, 5) is 27.5. The molecule has 0 saturated heterocycles. The smallest absolute Gasteiger partial charge is 0.242 e.